The van der Waals surface area contributed by atoms with Gasteiger partial charge in [0.1, 0.15) is 11.5 Å². The number of aryl methyl sites for hydroxylation is 2. The number of H-pyrrole nitrogens is 1. The van der Waals surface area contributed by atoms with Crippen LogP contribution in [0.1, 0.15) is 37.8 Å². The molecule has 0 aliphatic heterocycles. The second-order valence-corrected chi connectivity index (χ2v) is 4.46. The average molecular weight is 278 g/mol. The van der Waals surface area contributed by atoms with E-state index < -0.39 is 0 Å². The number of aromatic amines is 1. The highest BCUT2D eigenvalue weighted by molar-refractivity contribution is 5.60. The zero-order chi connectivity index (χ0) is 14.7. The maximum absolute atomic E-state index is 11.3. The highest BCUT2D eigenvalue weighted by atomic mass is 16.6. The van der Waals surface area contributed by atoms with E-state index in [1.807, 2.05) is 13.8 Å². The molecule has 0 aliphatic carbocycles. The van der Waals surface area contributed by atoms with Crippen LogP contribution in [-0.4, -0.2) is 24.7 Å². The van der Waals surface area contributed by atoms with Crippen LogP contribution < -0.4 is 5.32 Å². The van der Waals surface area contributed by atoms with Crippen molar-refractivity contribution in [1.82, 2.24) is 19.7 Å². The number of rotatable bonds is 6. The predicted octanol–water partition coefficient (Wildman–Crippen LogP) is 2.18. The van der Waals surface area contributed by atoms with E-state index in [1.54, 1.807) is 19.4 Å². The molecule has 108 valence electrons. The molecular weight excluding hydrogens is 260 g/mol. The van der Waals surface area contributed by atoms with E-state index in [4.69, 9.17) is 0 Å². The molecular formula is C12H18N6O2. The fourth-order valence-electron chi connectivity index (χ4n) is 2.16. The fraction of sp³-hybridized carbons (Fsp3) is 0.500. The molecule has 1 atom stereocenters. The lowest BCUT2D eigenvalue weighted by Crippen LogP contribution is -2.14. The van der Waals surface area contributed by atoms with Crippen molar-refractivity contribution in [3.05, 3.63) is 34.0 Å². The minimum Gasteiger partial charge on any atom is -0.355 e. The number of nitrogens with one attached hydrogen (secondary N) is 2. The zero-order valence-corrected chi connectivity index (χ0v) is 11.8. The highest BCUT2D eigenvalue weighted by Gasteiger charge is 2.27. The second kappa shape index (κ2) is 5.72. The van der Waals surface area contributed by atoms with Gasteiger partial charge in [0.25, 0.3) is 0 Å². The summed E-state index contributed by atoms with van der Waals surface area (Å²) in [5, 5.41) is 18.6. The Labute approximate surface area is 116 Å². The lowest BCUT2D eigenvalue weighted by Gasteiger charge is -2.15. The number of aromatic nitrogens is 4. The van der Waals surface area contributed by atoms with Gasteiger partial charge in [0, 0.05) is 19.4 Å². The first-order valence-corrected chi connectivity index (χ1v) is 6.54. The van der Waals surface area contributed by atoms with Gasteiger partial charge in [-0.25, -0.2) is 9.67 Å². The molecule has 2 N–H and O–H groups in total. The van der Waals surface area contributed by atoms with E-state index >= 15 is 0 Å². The third-order valence-corrected chi connectivity index (χ3v) is 3.18. The average Bonchev–Trinajstić information content (AvgIpc) is 3.03. The second-order valence-electron chi connectivity index (χ2n) is 4.46. The Balaban J connectivity index is 2.37. The first kappa shape index (κ1) is 14.0. The topological polar surface area (TPSA) is 102 Å². The number of imidazole rings is 1. The molecule has 0 saturated heterocycles. The molecule has 20 heavy (non-hydrogen) atoms. The van der Waals surface area contributed by atoms with Gasteiger partial charge in [-0.2, -0.15) is 5.10 Å². The summed E-state index contributed by atoms with van der Waals surface area (Å²) in [5.41, 5.74) is 0.523. The van der Waals surface area contributed by atoms with Crippen LogP contribution in [0, 0.1) is 10.1 Å². The highest BCUT2D eigenvalue weighted by Crippen LogP contribution is 2.31. The van der Waals surface area contributed by atoms with Gasteiger partial charge in [-0.1, -0.05) is 13.8 Å². The SMILES string of the molecule is CCc1nn(C)c(NC(CC)c2ncc[nH]2)c1[N+](=O)[O-]. The van der Waals surface area contributed by atoms with E-state index in [0.29, 0.717) is 17.9 Å². The molecule has 8 nitrogen and oxygen atoms in total. The third-order valence-electron chi connectivity index (χ3n) is 3.18. The number of nitro groups is 1. The number of anilines is 1. The summed E-state index contributed by atoms with van der Waals surface area (Å²) in [6.07, 6.45) is 4.66. The van der Waals surface area contributed by atoms with Gasteiger partial charge in [0.15, 0.2) is 0 Å². The predicted molar refractivity (Wildman–Crippen MR) is 74.5 cm³/mol. The lowest BCUT2D eigenvalue weighted by molar-refractivity contribution is -0.384. The van der Waals surface area contributed by atoms with Crippen LogP contribution in [0.15, 0.2) is 12.4 Å². The van der Waals surface area contributed by atoms with Crippen LogP contribution in [0.4, 0.5) is 11.5 Å². The van der Waals surface area contributed by atoms with E-state index in [2.05, 4.69) is 20.4 Å². The molecule has 0 saturated carbocycles. The van der Waals surface area contributed by atoms with Crippen LogP contribution in [0.25, 0.3) is 0 Å². The van der Waals surface area contributed by atoms with E-state index in [9.17, 15) is 10.1 Å². The van der Waals surface area contributed by atoms with Crippen molar-refractivity contribution in [2.45, 2.75) is 32.7 Å². The van der Waals surface area contributed by atoms with Crippen molar-refractivity contribution in [2.24, 2.45) is 7.05 Å². The summed E-state index contributed by atoms with van der Waals surface area (Å²) in [6.45, 7) is 3.84. The summed E-state index contributed by atoms with van der Waals surface area (Å²) in [4.78, 5) is 18.1. The van der Waals surface area contributed by atoms with E-state index in [-0.39, 0.29) is 16.7 Å². The largest absolute Gasteiger partial charge is 0.355 e. The van der Waals surface area contributed by atoms with Crippen LogP contribution in [0.2, 0.25) is 0 Å². The number of hydrogen-bond donors (Lipinski definition) is 2. The Morgan fingerprint density at radius 3 is 2.80 bits per heavy atom. The minimum absolute atomic E-state index is 0.0417. The van der Waals surface area contributed by atoms with E-state index in [0.717, 1.165) is 12.2 Å². The number of nitrogens with zero attached hydrogens (tertiary/aromatic N) is 4. The van der Waals surface area contributed by atoms with Crippen LogP contribution in [0.5, 0.6) is 0 Å². The van der Waals surface area contributed by atoms with Crippen molar-refractivity contribution in [1.29, 1.82) is 0 Å². The summed E-state index contributed by atoms with van der Waals surface area (Å²) in [7, 11) is 1.70. The molecule has 1 unspecified atom stereocenters. The Bertz CT molecular complexity index is 589. The molecule has 2 aromatic heterocycles. The molecule has 0 bridgehead atoms. The molecule has 2 aromatic rings. The number of hydrogen-bond acceptors (Lipinski definition) is 5. The quantitative estimate of drug-likeness (QED) is 0.623. The lowest BCUT2D eigenvalue weighted by atomic mass is 10.2. The van der Waals surface area contributed by atoms with Crippen molar-refractivity contribution in [3.8, 4) is 0 Å². The standard InChI is InChI=1S/C12H18N6O2/c1-4-8-10(18(19)20)12(17(3)16-8)15-9(5-2)11-13-6-7-14-11/h6-7,9,15H,4-5H2,1-3H3,(H,13,14). The van der Waals surface area contributed by atoms with E-state index in [1.165, 1.54) is 4.68 Å². The van der Waals surface area contributed by atoms with Gasteiger partial charge in [0.05, 0.1) is 11.0 Å². The maximum Gasteiger partial charge on any atom is 0.333 e. The molecule has 0 aromatic carbocycles. The minimum atomic E-state index is -0.386. The molecule has 0 radical (unpaired) electrons. The third kappa shape index (κ3) is 2.49. The molecule has 2 rings (SSSR count). The van der Waals surface area contributed by atoms with Gasteiger partial charge >= 0.3 is 5.69 Å². The molecule has 0 spiro atoms. The van der Waals surface area contributed by atoms with Gasteiger partial charge in [-0.3, -0.25) is 10.1 Å². The first-order chi connectivity index (χ1) is 9.58. The van der Waals surface area contributed by atoms with Crippen LogP contribution in [-0.2, 0) is 13.5 Å². The van der Waals surface area contributed by atoms with Gasteiger partial charge in [-0.15, -0.1) is 0 Å². The van der Waals surface area contributed by atoms with Gasteiger partial charge in [0.2, 0.25) is 5.82 Å². The van der Waals surface area contributed by atoms with Crippen LogP contribution in [0.3, 0.4) is 0 Å². The zero-order valence-electron chi connectivity index (χ0n) is 11.8. The first-order valence-electron chi connectivity index (χ1n) is 6.54. The summed E-state index contributed by atoms with van der Waals surface area (Å²) in [5.74, 6) is 1.16. The smallest absolute Gasteiger partial charge is 0.333 e. The Hall–Kier alpha value is -2.38. The molecule has 0 fully saturated rings. The normalized spacial score (nSPS) is 12.3. The van der Waals surface area contributed by atoms with Crippen molar-refractivity contribution in [3.63, 3.8) is 0 Å². The monoisotopic (exact) mass is 278 g/mol. The van der Waals surface area contributed by atoms with Gasteiger partial charge < -0.3 is 10.3 Å². The molecule has 2 heterocycles. The van der Waals surface area contributed by atoms with Crippen molar-refractivity contribution < 1.29 is 4.92 Å². The molecule has 0 aliphatic rings. The maximum atomic E-state index is 11.3. The van der Waals surface area contributed by atoms with Gasteiger partial charge in [-0.05, 0) is 12.8 Å². The van der Waals surface area contributed by atoms with Crippen LogP contribution >= 0.6 is 0 Å². The summed E-state index contributed by atoms with van der Waals surface area (Å²) < 4.78 is 1.52. The van der Waals surface area contributed by atoms with Crippen molar-refractivity contribution in [2.75, 3.05) is 5.32 Å². The molecule has 8 heteroatoms. The van der Waals surface area contributed by atoms with Crippen molar-refractivity contribution >= 4 is 11.5 Å². The summed E-state index contributed by atoms with van der Waals surface area (Å²) in [6, 6.07) is -0.121. The Morgan fingerprint density at radius 1 is 1.55 bits per heavy atom. The Kier molecular flexibility index (Phi) is 4.02. The molecule has 0 amide bonds. The fourth-order valence-corrected chi connectivity index (χ4v) is 2.16. The Morgan fingerprint density at radius 2 is 2.30 bits per heavy atom. The summed E-state index contributed by atoms with van der Waals surface area (Å²) >= 11 is 0.